The summed E-state index contributed by atoms with van der Waals surface area (Å²) in [6.45, 7) is 1.97. The molecule has 1 aromatic carbocycles. The number of rotatable bonds is 1. The zero-order valence-electron chi connectivity index (χ0n) is 10.1. The lowest BCUT2D eigenvalue weighted by Crippen LogP contribution is -1.94. The van der Waals surface area contributed by atoms with E-state index in [-0.39, 0.29) is 0 Å². The maximum absolute atomic E-state index is 5.23. The van der Waals surface area contributed by atoms with E-state index in [1.165, 1.54) is 0 Å². The second-order valence-electron chi connectivity index (χ2n) is 4.24. The molecule has 0 saturated carbocycles. The minimum absolute atomic E-state index is 0.567. The molecule has 0 bridgehead atoms. The lowest BCUT2D eigenvalue weighted by Gasteiger charge is -2.06. The summed E-state index contributed by atoms with van der Waals surface area (Å²) in [5, 5.41) is 1.08. The van der Waals surface area contributed by atoms with Gasteiger partial charge in [0.2, 0.25) is 0 Å². The van der Waals surface area contributed by atoms with E-state index in [4.69, 9.17) is 12.2 Å². The number of fused-ring (bicyclic) bond motifs is 1. The average molecular weight is 332 g/mol. The number of aryl methyl sites for hydroxylation is 1. The number of halogens is 1. The second kappa shape index (κ2) is 4.83. The molecule has 0 spiro atoms. The summed E-state index contributed by atoms with van der Waals surface area (Å²) in [5.41, 5.74) is 2.95. The molecule has 19 heavy (non-hydrogen) atoms. The first kappa shape index (κ1) is 12.4. The Morgan fingerprint density at radius 1 is 1.26 bits per heavy atom. The van der Waals surface area contributed by atoms with Crippen LogP contribution in [0.5, 0.6) is 0 Å². The fraction of sp³-hybridized carbons (Fsp3) is 0.0714. The Bertz CT molecular complexity index is 826. The topological polar surface area (TPSA) is 41.6 Å². The summed E-state index contributed by atoms with van der Waals surface area (Å²) in [5.74, 6) is 0.774. The Morgan fingerprint density at radius 2 is 2.11 bits per heavy atom. The number of nitrogens with one attached hydrogen (secondary N) is 1. The van der Waals surface area contributed by atoms with E-state index >= 15 is 0 Å². The van der Waals surface area contributed by atoms with Gasteiger partial charge in [0.15, 0.2) is 0 Å². The maximum atomic E-state index is 5.23. The first-order valence-electron chi connectivity index (χ1n) is 5.77. The summed E-state index contributed by atoms with van der Waals surface area (Å²) in [4.78, 5) is 12.0. The lowest BCUT2D eigenvalue weighted by molar-refractivity contribution is 1.08. The Morgan fingerprint density at radius 3 is 2.89 bits per heavy atom. The highest BCUT2D eigenvalue weighted by Gasteiger charge is 2.06. The molecule has 5 heteroatoms. The molecule has 0 aliphatic rings. The van der Waals surface area contributed by atoms with E-state index in [0.29, 0.717) is 4.64 Å². The SMILES string of the molecule is Cc1[nH]c(-c2ccc3ncccc3c2)nc(=S)c1Br. The van der Waals surface area contributed by atoms with Crippen molar-refractivity contribution in [3.63, 3.8) is 0 Å². The fourth-order valence-corrected chi connectivity index (χ4v) is 2.36. The average Bonchev–Trinajstić information content (AvgIpc) is 2.43. The molecule has 0 radical (unpaired) electrons. The zero-order chi connectivity index (χ0) is 13.4. The van der Waals surface area contributed by atoms with Gasteiger partial charge in [-0.3, -0.25) is 4.98 Å². The quantitative estimate of drug-likeness (QED) is 0.671. The van der Waals surface area contributed by atoms with Crippen molar-refractivity contribution in [1.29, 1.82) is 0 Å². The number of H-pyrrole nitrogens is 1. The van der Waals surface area contributed by atoms with Gasteiger partial charge in [-0.2, -0.15) is 0 Å². The monoisotopic (exact) mass is 331 g/mol. The molecule has 2 aromatic heterocycles. The number of benzene rings is 1. The molecule has 0 saturated heterocycles. The van der Waals surface area contributed by atoms with Crippen LogP contribution < -0.4 is 0 Å². The molecule has 0 aliphatic carbocycles. The number of nitrogens with zero attached hydrogens (tertiary/aromatic N) is 2. The van der Waals surface area contributed by atoms with Crippen LogP contribution in [0.3, 0.4) is 0 Å². The molecule has 0 fully saturated rings. The predicted octanol–water partition coefficient (Wildman–Crippen LogP) is 4.43. The third kappa shape index (κ3) is 2.31. The van der Waals surface area contributed by atoms with Crippen molar-refractivity contribution in [3.05, 3.63) is 51.3 Å². The van der Waals surface area contributed by atoms with Gasteiger partial charge in [0, 0.05) is 22.8 Å². The van der Waals surface area contributed by atoms with E-state index in [1.807, 2.05) is 31.2 Å². The number of hydrogen-bond donors (Lipinski definition) is 1. The highest BCUT2D eigenvalue weighted by molar-refractivity contribution is 9.10. The number of hydrogen-bond acceptors (Lipinski definition) is 3. The molecule has 3 rings (SSSR count). The van der Waals surface area contributed by atoms with Crippen molar-refractivity contribution in [2.24, 2.45) is 0 Å². The second-order valence-corrected chi connectivity index (χ2v) is 5.42. The van der Waals surface area contributed by atoms with Gasteiger partial charge in [-0.1, -0.05) is 18.3 Å². The fourth-order valence-electron chi connectivity index (χ4n) is 1.93. The minimum atomic E-state index is 0.567. The van der Waals surface area contributed by atoms with Crippen molar-refractivity contribution >= 4 is 39.1 Å². The van der Waals surface area contributed by atoms with Crippen LogP contribution in [-0.2, 0) is 0 Å². The van der Waals surface area contributed by atoms with Crippen LogP contribution >= 0.6 is 28.1 Å². The van der Waals surface area contributed by atoms with Gasteiger partial charge in [0.1, 0.15) is 10.5 Å². The van der Waals surface area contributed by atoms with Crippen molar-refractivity contribution in [2.75, 3.05) is 0 Å². The number of pyridine rings is 1. The highest BCUT2D eigenvalue weighted by Crippen LogP contribution is 2.23. The van der Waals surface area contributed by atoms with Crippen LogP contribution in [0.15, 0.2) is 41.0 Å². The number of aromatic amines is 1. The minimum Gasteiger partial charge on any atom is -0.342 e. The molecule has 2 heterocycles. The standard InChI is InChI=1S/C14H10BrN3S/c1-8-12(15)14(19)18-13(17-8)10-4-5-11-9(7-10)3-2-6-16-11/h2-7H,1H3,(H,17,18,19). The van der Waals surface area contributed by atoms with Gasteiger partial charge < -0.3 is 4.98 Å². The summed E-state index contributed by atoms with van der Waals surface area (Å²) in [7, 11) is 0. The van der Waals surface area contributed by atoms with E-state index in [0.717, 1.165) is 32.5 Å². The van der Waals surface area contributed by atoms with Gasteiger partial charge in [0.25, 0.3) is 0 Å². The first-order valence-corrected chi connectivity index (χ1v) is 6.97. The van der Waals surface area contributed by atoms with Gasteiger partial charge >= 0.3 is 0 Å². The van der Waals surface area contributed by atoms with Gasteiger partial charge in [-0.25, -0.2) is 4.98 Å². The van der Waals surface area contributed by atoms with Gasteiger partial charge in [0.05, 0.1) is 9.99 Å². The summed E-state index contributed by atoms with van der Waals surface area (Å²) < 4.78 is 1.41. The summed E-state index contributed by atoms with van der Waals surface area (Å²) in [6.07, 6.45) is 1.79. The van der Waals surface area contributed by atoms with Crippen molar-refractivity contribution in [1.82, 2.24) is 15.0 Å². The molecule has 3 nitrogen and oxygen atoms in total. The molecule has 0 unspecified atom stereocenters. The Kier molecular flexibility index (Phi) is 3.16. The van der Waals surface area contributed by atoms with Crippen LogP contribution in [0.25, 0.3) is 22.3 Å². The molecule has 0 atom stereocenters. The lowest BCUT2D eigenvalue weighted by atomic mass is 10.1. The van der Waals surface area contributed by atoms with Crippen LogP contribution in [0.2, 0.25) is 0 Å². The van der Waals surface area contributed by atoms with E-state index in [1.54, 1.807) is 6.20 Å². The molecule has 0 aliphatic heterocycles. The molecular formula is C14H10BrN3S. The van der Waals surface area contributed by atoms with Crippen LogP contribution in [0.1, 0.15) is 5.69 Å². The largest absolute Gasteiger partial charge is 0.342 e. The van der Waals surface area contributed by atoms with Crippen LogP contribution in [-0.4, -0.2) is 15.0 Å². The third-order valence-electron chi connectivity index (χ3n) is 2.91. The Balaban J connectivity index is 2.22. The highest BCUT2D eigenvalue weighted by atomic mass is 79.9. The first-order chi connectivity index (χ1) is 9.15. The van der Waals surface area contributed by atoms with Crippen molar-refractivity contribution in [3.8, 4) is 11.4 Å². The van der Waals surface area contributed by atoms with Gasteiger partial charge in [-0.15, -0.1) is 0 Å². The van der Waals surface area contributed by atoms with Crippen molar-refractivity contribution in [2.45, 2.75) is 6.92 Å². The smallest absolute Gasteiger partial charge is 0.144 e. The summed E-state index contributed by atoms with van der Waals surface area (Å²) >= 11 is 8.65. The zero-order valence-corrected chi connectivity index (χ0v) is 12.5. The van der Waals surface area contributed by atoms with Crippen LogP contribution in [0.4, 0.5) is 0 Å². The van der Waals surface area contributed by atoms with Gasteiger partial charge in [-0.05, 0) is 47.1 Å². The third-order valence-corrected chi connectivity index (χ3v) is 4.44. The van der Waals surface area contributed by atoms with E-state index in [9.17, 15) is 0 Å². The molecule has 1 N–H and O–H groups in total. The van der Waals surface area contributed by atoms with E-state index < -0.39 is 0 Å². The summed E-state index contributed by atoms with van der Waals surface area (Å²) in [6, 6.07) is 10.0. The molecule has 94 valence electrons. The normalized spacial score (nSPS) is 10.8. The van der Waals surface area contributed by atoms with E-state index in [2.05, 4.69) is 36.9 Å². The number of aromatic nitrogens is 3. The molecule has 0 amide bonds. The predicted molar refractivity (Wildman–Crippen MR) is 82.6 cm³/mol. The van der Waals surface area contributed by atoms with Crippen molar-refractivity contribution < 1.29 is 0 Å². The maximum Gasteiger partial charge on any atom is 0.144 e. The molecular weight excluding hydrogens is 322 g/mol. The Labute approximate surface area is 123 Å². The van der Waals surface area contributed by atoms with Crippen LogP contribution in [0, 0.1) is 11.6 Å². The Hall–Kier alpha value is -1.59. The molecule has 3 aromatic rings.